The normalized spacial score (nSPS) is 10.8. The highest BCUT2D eigenvalue weighted by Crippen LogP contribution is 2.25. The molecule has 0 fully saturated rings. The van der Waals surface area contributed by atoms with Crippen LogP contribution in [-0.4, -0.2) is 27.6 Å². The number of hydrogen-bond acceptors (Lipinski definition) is 4. The number of hydrogen-bond donors (Lipinski definition) is 2. The Morgan fingerprint density at radius 3 is 2.43 bits per heavy atom. The lowest BCUT2D eigenvalue weighted by molar-refractivity contribution is 0.0695. The smallest absolute Gasteiger partial charge is 0.341 e. The van der Waals surface area contributed by atoms with Crippen molar-refractivity contribution in [2.45, 2.75) is 27.2 Å². The van der Waals surface area contributed by atoms with Crippen molar-refractivity contribution in [3.8, 4) is 11.4 Å². The second-order valence-electron chi connectivity index (χ2n) is 5.66. The molecule has 0 bridgehead atoms. The SMILES string of the molecule is CCNc1nc(-c2ccc(Cl)cc2)nc(CC(C)C)c1C(=O)O. The summed E-state index contributed by atoms with van der Waals surface area (Å²) in [5, 5.41) is 13.2. The predicted octanol–water partition coefficient (Wildman–Crippen LogP) is 4.13. The Kier molecular flexibility index (Phi) is 5.55. The number of benzene rings is 1. The number of halogens is 1. The lowest BCUT2D eigenvalue weighted by Crippen LogP contribution is -2.15. The molecule has 0 saturated heterocycles. The molecule has 0 saturated carbocycles. The van der Waals surface area contributed by atoms with Crippen LogP contribution in [0.25, 0.3) is 11.4 Å². The molecule has 2 N–H and O–H groups in total. The lowest BCUT2D eigenvalue weighted by Gasteiger charge is -2.14. The van der Waals surface area contributed by atoms with Crippen molar-refractivity contribution in [3.63, 3.8) is 0 Å². The van der Waals surface area contributed by atoms with E-state index in [1.807, 2.05) is 32.9 Å². The van der Waals surface area contributed by atoms with E-state index in [0.29, 0.717) is 35.3 Å². The van der Waals surface area contributed by atoms with E-state index >= 15 is 0 Å². The number of carboxylic acid groups (broad SMARTS) is 1. The maximum absolute atomic E-state index is 11.7. The highest BCUT2D eigenvalue weighted by Gasteiger charge is 2.21. The predicted molar refractivity (Wildman–Crippen MR) is 92.1 cm³/mol. The summed E-state index contributed by atoms with van der Waals surface area (Å²) in [6, 6.07) is 7.18. The Morgan fingerprint density at radius 1 is 1.26 bits per heavy atom. The first-order valence-electron chi connectivity index (χ1n) is 7.56. The van der Waals surface area contributed by atoms with E-state index in [9.17, 15) is 9.90 Å². The van der Waals surface area contributed by atoms with Gasteiger partial charge in [-0.2, -0.15) is 0 Å². The molecule has 0 spiro atoms. The van der Waals surface area contributed by atoms with Gasteiger partial charge in [0, 0.05) is 17.1 Å². The van der Waals surface area contributed by atoms with E-state index < -0.39 is 5.97 Å². The van der Waals surface area contributed by atoms with Crippen LogP contribution in [0.15, 0.2) is 24.3 Å². The van der Waals surface area contributed by atoms with Crippen LogP contribution in [0, 0.1) is 5.92 Å². The average Bonchev–Trinajstić information content (AvgIpc) is 2.47. The minimum absolute atomic E-state index is 0.151. The molecule has 0 amide bonds. The maximum atomic E-state index is 11.7. The third-order valence-corrected chi connectivity index (χ3v) is 3.50. The molecule has 2 aromatic rings. The van der Waals surface area contributed by atoms with Crippen molar-refractivity contribution in [1.29, 1.82) is 0 Å². The van der Waals surface area contributed by atoms with Crippen LogP contribution in [0.2, 0.25) is 5.02 Å². The molecule has 2 rings (SSSR count). The fourth-order valence-electron chi connectivity index (χ4n) is 2.29. The zero-order valence-corrected chi connectivity index (χ0v) is 14.2. The molecule has 0 aliphatic carbocycles. The van der Waals surface area contributed by atoms with E-state index in [4.69, 9.17) is 11.6 Å². The Balaban J connectivity index is 2.62. The van der Waals surface area contributed by atoms with Gasteiger partial charge >= 0.3 is 5.97 Å². The number of nitrogens with zero attached hydrogens (tertiary/aromatic N) is 2. The lowest BCUT2D eigenvalue weighted by atomic mass is 10.0. The molecule has 1 heterocycles. The first kappa shape index (κ1) is 17.2. The first-order chi connectivity index (χ1) is 10.9. The van der Waals surface area contributed by atoms with Gasteiger partial charge in [0.15, 0.2) is 5.82 Å². The van der Waals surface area contributed by atoms with Crippen LogP contribution in [0.4, 0.5) is 5.82 Å². The van der Waals surface area contributed by atoms with Crippen molar-refractivity contribution in [3.05, 3.63) is 40.5 Å². The molecular formula is C17H20ClN3O2. The number of aromatic nitrogens is 2. The Morgan fingerprint density at radius 2 is 1.91 bits per heavy atom. The van der Waals surface area contributed by atoms with Crippen LogP contribution in [0.3, 0.4) is 0 Å². The fourth-order valence-corrected chi connectivity index (χ4v) is 2.42. The Labute approximate surface area is 140 Å². The van der Waals surface area contributed by atoms with Gasteiger partial charge in [0.2, 0.25) is 0 Å². The maximum Gasteiger partial charge on any atom is 0.341 e. The molecule has 5 nitrogen and oxygen atoms in total. The molecule has 122 valence electrons. The van der Waals surface area contributed by atoms with Gasteiger partial charge in [-0.05, 0) is 43.5 Å². The second-order valence-corrected chi connectivity index (χ2v) is 6.09. The molecule has 0 unspecified atom stereocenters. The van der Waals surface area contributed by atoms with E-state index in [1.165, 1.54) is 0 Å². The zero-order valence-electron chi connectivity index (χ0n) is 13.4. The number of aromatic carboxylic acids is 1. The van der Waals surface area contributed by atoms with Crippen LogP contribution in [-0.2, 0) is 6.42 Å². The Bertz CT molecular complexity index is 700. The zero-order chi connectivity index (χ0) is 17.0. The number of nitrogens with one attached hydrogen (secondary N) is 1. The molecule has 0 atom stereocenters. The number of carboxylic acids is 1. The van der Waals surface area contributed by atoms with E-state index in [1.54, 1.807) is 12.1 Å². The first-order valence-corrected chi connectivity index (χ1v) is 7.94. The summed E-state index contributed by atoms with van der Waals surface area (Å²) in [4.78, 5) is 20.6. The van der Waals surface area contributed by atoms with Crippen molar-refractivity contribution in [1.82, 2.24) is 9.97 Å². The quantitative estimate of drug-likeness (QED) is 0.831. The topological polar surface area (TPSA) is 75.1 Å². The van der Waals surface area contributed by atoms with Crippen LogP contribution in [0.1, 0.15) is 36.8 Å². The van der Waals surface area contributed by atoms with Crippen LogP contribution < -0.4 is 5.32 Å². The summed E-state index contributed by atoms with van der Waals surface area (Å²) in [6.07, 6.45) is 0.573. The van der Waals surface area contributed by atoms with E-state index in [0.717, 1.165) is 5.56 Å². The van der Waals surface area contributed by atoms with Crippen molar-refractivity contribution < 1.29 is 9.90 Å². The van der Waals surface area contributed by atoms with Gasteiger partial charge in [0.05, 0.1) is 5.69 Å². The number of carbonyl (C=O) groups is 1. The van der Waals surface area contributed by atoms with Gasteiger partial charge in [-0.25, -0.2) is 14.8 Å². The van der Waals surface area contributed by atoms with Gasteiger partial charge in [0.25, 0.3) is 0 Å². The average molecular weight is 334 g/mol. The van der Waals surface area contributed by atoms with Crippen LogP contribution >= 0.6 is 11.6 Å². The monoisotopic (exact) mass is 333 g/mol. The van der Waals surface area contributed by atoms with E-state index in [-0.39, 0.29) is 11.5 Å². The van der Waals surface area contributed by atoms with Gasteiger partial charge in [-0.3, -0.25) is 0 Å². The third-order valence-electron chi connectivity index (χ3n) is 3.25. The van der Waals surface area contributed by atoms with Crippen LogP contribution in [0.5, 0.6) is 0 Å². The molecule has 0 aliphatic rings. The molecule has 1 aromatic heterocycles. The minimum atomic E-state index is -1.01. The van der Waals surface area contributed by atoms with Gasteiger partial charge in [-0.15, -0.1) is 0 Å². The number of rotatable bonds is 6. The molecule has 0 aliphatic heterocycles. The largest absolute Gasteiger partial charge is 0.477 e. The summed E-state index contributed by atoms with van der Waals surface area (Å²) in [5.74, 6) is 0.128. The summed E-state index contributed by atoms with van der Waals surface area (Å²) in [5.41, 5.74) is 1.50. The highest BCUT2D eigenvalue weighted by molar-refractivity contribution is 6.30. The summed E-state index contributed by atoms with van der Waals surface area (Å²) in [7, 11) is 0. The van der Waals surface area contributed by atoms with Gasteiger partial charge in [0.1, 0.15) is 11.4 Å². The third kappa shape index (κ3) is 4.20. The molecular weight excluding hydrogens is 314 g/mol. The summed E-state index contributed by atoms with van der Waals surface area (Å²) >= 11 is 5.92. The Hall–Kier alpha value is -2.14. The standard InChI is InChI=1S/C17H20ClN3O2/c1-4-19-16-14(17(22)23)13(9-10(2)3)20-15(21-16)11-5-7-12(18)8-6-11/h5-8,10H,4,9H2,1-3H3,(H,22,23)(H,19,20,21). The highest BCUT2D eigenvalue weighted by atomic mass is 35.5. The molecule has 6 heteroatoms. The molecule has 23 heavy (non-hydrogen) atoms. The van der Waals surface area contributed by atoms with Gasteiger partial charge in [-0.1, -0.05) is 25.4 Å². The van der Waals surface area contributed by atoms with Crippen molar-refractivity contribution in [2.24, 2.45) is 5.92 Å². The second kappa shape index (κ2) is 7.42. The minimum Gasteiger partial charge on any atom is -0.477 e. The summed E-state index contributed by atoms with van der Waals surface area (Å²) < 4.78 is 0. The van der Waals surface area contributed by atoms with Gasteiger partial charge < -0.3 is 10.4 Å². The molecule has 1 aromatic carbocycles. The fraction of sp³-hybridized carbons (Fsp3) is 0.353. The van der Waals surface area contributed by atoms with Crippen molar-refractivity contribution in [2.75, 3.05) is 11.9 Å². The number of anilines is 1. The molecule has 0 radical (unpaired) electrons. The summed E-state index contributed by atoms with van der Waals surface area (Å²) in [6.45, 7) is 6.54. The van der Waals surface area contributed by atoms with Crippen molar-refractivity contribution >= 4 is 23.4 Å². The van der Waals surface area contributed by atoms with E-state index in [2.05, 4.69) is 15.3 Å².